The summed E-state index contributed by atoms with van der Waals surface area (Å²) in [7, 11) is 0. The van der Waals surface area contributed by atoms with Crippen molar-refractivity contribution in [2.24, 2.45) is 5.73 Å². The molecule has 68 valence electrons. The average molecular weight is 169 g/mol. The number of hydrogen-bond acceptors (Lipinski definition) is 3. The van der Waals surface area contributed by atoms with Crippen molar-refractivity contribution in [1.29, 1.82) is 0 Å². The molecule has 0 radical (unpaired) electrons. The molecule has 0 aliphatic rings. The van der Waals surface area contributed by atoms with Gasteiger partial charge in [0.2, 0.25) is 0 Å². The Hall–Kier alpha value is -0.800. The van der Waals surface area contributed by atoms with Crippen LogP contribution < -0.4 is 5.73 Å². The van der Waals surface area contributed by atoms with Gasteiger partial charge in [-0.25, -0.2) is 0 Å². The molecule has 3 heteroatoms. The summed E-state index contributed by atoms with van der Waals surface area (Å²) in [6.45, 7) is 5.05. The molecule has 0 saturated carbocycles. The third kappa shape index (κ3) is 2.36. The monoisotopic (exact) mass is 169 g/mol. The van der Waals surface area contributed by atoms with Crippen LogP contribution in [-0.4, -0.2) is 13.2 Å². The lowest BCUT2D eigenvalue weighted by Gasteiger charge is -2.07. The Balaban J connectivity index is 2.47. The molecule has 1 unspecified atom stereocenters. The first-order valence-corrected chi connectivity index (χ1v) is 4.13. The number of hydrogen-bond donors (Lipinski definition) is 1. The van der Waals surface area contributed by atoms with Crippen LogP contribution in [0.1, 0.15) is 24.5 Å². The van der Waals surface area contributed by atoms with E-state index < -0.39 is 0 Å². The van der Waals surface area contributed by atoms with Gasteiger partial charge in [0.05, 0.1) is 12.6 Å². The quantitative estimate of drug-likeness (QED) is 0.745. The smallest absolute Gasteiger partial charge is 0.123 e. The molecule has 0 fully saturated rings. The fourth-order valence-electron chi connectivity index (χ4n) is 0.980. The topological polar surface area (TPSA) is 48.4 Å². The Morgan fingerprint density at radius 3 is 2.83 bits per heavy atom. The molecule has 0 spiro atoms. The average Bonchev–Trinajstić information content (AvgIpc) is 2.47. The summed E-state index contributed by atoms with van der Waals surface area (Å²) in [5, 5.41) is 0. The van der Waals surface area contributed by atoms with Crippen molar-refractivity contribution >= 4 is 0 Å². The van der Waals surface area contributed by atoms with Crippen LogP contribution in [0.25, 0.3) is 0 Å². The zero-order valence-corrected chi connectivity index (χ0v) is 7.54. The second-order valence-electron chi connectivity index (χ2n) is 2.71. The molecule has 0 saturated heterocycles. The van der Waals surface area contributed by atoms with Crippen molar-refractivity contribution in [3.8, 4) is 0 Å². The highest BCUT2D eigenvalue weighted by Gasteiger charge is 2.08. The summed E-state index contributed by atoms with van der Waals surface area (Å²) in [5.41, 5.74) is 5.78. The summed E-state index contributed by atoms with van der Waals surface area (Å²) in [5.74, 6) is 1.68. The highest BCUT2D eigenvalue weighted by molar-refractivity contribution is 5.09. The van der Waals surface area contributed by atoms with Gasteiger partial charge >= 0.3 is 0 Å². The predicted molar refractivity (Wildman–Crippen MR) is 46.9 cm³/mol. The minimum atomic E-state index is -0.140. The minimum Gasteiger partial charge on any atom is -0.465 e. The third-order valence-corrected chi connectivity index (χ3v) is 1.63. The highest BCUT2D eigenvalue weighted by atomic mass is 16.5. The SMILES string of the molecule is CCOCC(N)c1ccc(C)o1. The van der Waals surface area contributed by atoms with Crippen molar-refractivity contribution in [1.82, 2.24) is 0 Å². The van der Waals surface area contributed by atoms with Crippen molar-refractivity contribution in [3.05, 3.63) is 23.7 Å². The molecule has 0 aliphatic carbocycles. The lowest BCUT2D eigenvalue weighted by atomic mass is 10.2. The molecule has 0 amide bonds. The van der Waals surface area contributed by atoms with E-state index in [0.29, 0.717) is 13.2 Å². The normalized spacial score (nSPS) is 13.2. The van der Waals surface area contributed by atoms with Crippen LogP contribution in [0.5, 0.6) is 0 Å². The van der Waals surface area contributed by atoms with E-state index in [0.717, 1.165) is 11.5 Å². The number of nitrogens with two attached hydrogens (primary N) is 1. The van der Waals surface area contributed by atoms with Gasteiger partial charge in [0.15, 0.2) is 0 Å². The molecular formula is C9H15NO2. The van der Waals surface area contributed by atoms with Crippen molar-refractivity contribution in [3.63, 3.8) is 0 Å². The lowest BCUT2D eigenvalue weighted by Crippen LogP contribution is -2.16. The maximum Gasteiger partial charge on any atom is 0.123 e. The highest BCUT2D eigenvalue weighted by Crippen LogP contribution is 2.13. The van der Waals surface area contributed by atoms with Gasteiger partial charge in [0.1, 0.15) is 11.5 Å². The zero-order chi connectivity index (χ0) is 8.97. The molecule has 2 N–H and O–H groups in total. The predicted octanol–water partition coefficient (Wildman–Crippen LogP) is 1.62. The van der Waals surface area contributed by atoms with Crippen molar-refractivity contribution in [2.75, 3.05) is 13.2 Å². The number of furan rings is 1. The zero-order valence-electron chi connectivity index (χ0n) is 7.54. The summed E-state index contributed by atoms with van der Waals surface area (Å²) in [4.78, 5) is 0. The van der Waals surface area contributed by atoms with Crippen LogP contribution in [0, 0.1) is 6.92 Å². The number of aryl methyl sites for hydroxylation is 1. The molecule has 3 nitrogen and oxygen atoms in total. The van der Waals surface area contributed by atoms with Gasteiger partial charge in [-0.1, -0.05) is 0 Å². The molecule has 12 heavy (non-hydrogen) atoms. The van der Waals surface area contributed by atoms with E-state index in [1.165, 1.54) is 0 Å². The molecular weight excluding hydrogens is 154 g/mol. The summed E-state index contributed by atoms with van der Waals surface area (Å²) >= 11 is 0. The van der Waals surface area contributed by atoms with E-state index >= 15 is 0 Å². The molecule has 0 aliphatic heterocycles. The summed E-state index contributed by atoms with van der Waals surface area (Å²) < 4.78 is 10.5. The van der Waals surface area contributed by atoms with Crippen molar-refractivity contribution < 1.29 is 9.15 Å². The molecule has 1 rings (SSSR count). The second kappa shape index (κ2) is 4.28. The van der Waals surface area contributed by atoms with Crippen LogP contribution >= 0.6 is 0 Å². The number of ether oxygens (including phenoxy) is 1. The Morgan fingerprint density at radius 1 is 1.58 bits per heavy atom. The van der Waals surface area contributed by atoms with Gasteiger partial charge in [-0.3, -0.25) is 0 Å². The van der Waals surface area contributed by atoms with Gasteiger partial charge in [-0.05, 0) is 26.0 Å². The van der Waals surface area contributed by atoms with E-state index in [2.05, 4.69) is 0 Å². The first kappa shape index (κ1) is 9.29. The van der Waals surface area contributed by atoms with Gasteiger partial charge in [-0.2, -0.15) is 0 Å². The van der Waals surface area contributed by atoms with E-state index in [4.69, 9.17) is 14.9 Å². The molecule has 1 atom stereocenters. The Kier molecular flexibility index (Phi) is 3.31. The molecule has 1 aromatic heterocycles. The molecule has 0 bridgehead atoms. The summed E-state index contributed by atoms with van der Waals surface area (Å²) in [6.07, 6.45) is 0. The van der Waals surface area contributed by atoms with Crippen LogP contribution in [0.15, 0.2) is 16.5 Å². The first-order valence-electron chi connectivity index (χ1n) is 4.13. The van der Waals surface area contributed by atoms with Crippen LogP contribution in [-0.2, 0) is 4.74 Å². The van der Waals surface area contributed by atoms with E-state index in [9.17, 15) is 0 Å². The van der Waals surface area contributed by atoms with Crippen LogP contribution in [0.4, 0.5) is 0 Å². The minimum absolute atomic E-state index is 0.140. The lowest BCUT2D eigenvalue weighted by molar-refractivity contribution is 0.127. The van der Waals surface area contributed by atoms with Crippen LogP contribution in [0.3, 0.4) is 0 Å². The molecule has 1 aromatic rings. The van der Waals surface area contributed by atoms with E-state index in [-0.39, 0.29) is 6.04 Å². The van der Waals surface area contributed by atoms with Gasteiger partial charge in [-0.15, -0.1) is 0 Å². The van der Waals surface area contributed by atoms with Gasteiger partial charge in [0, 0.05) is 6.61 Å². The standard InChI is InChI=1S/C9H15NO2/c1-3-11-6-8(10)9-5-4-7(2)12-9/h4-5,8H,3,6,10H2,1-2H3. The molecule has 1 heterocycles. The first-order chi connectivity index (χ1) is 5.74. The maximum absolute atomic E-state index is 5.78. The molecule has 0 aromatic carbocycles. The second-order valence-corrected chi connectivity index (χ2v) is 2.71. The van der Waals surface area contributed by atoms with Crippen LogP contribution in [0.2, 0.25) is 0 Å². The fourth-order valence-corrected chi connectivity index (χ4v) is 0.980. The maximum atomic E-state index is 5.78. The Bertz CT molecular complexity index is 232. The van der Waals surface area contributed by atoms with E-state index in [1.54, 1.807) is 0 Å². The third-order valence-electron chi connectivity index (χ3n) is 1.63. The van der Waals surface area contributed by atoms with Crippen molar-refractivity contribution in [2.45, 2.75) is 19.9 Å². The summed E-state index contributed by atoms with van der Waals surface area (Å²) in [6, 6.07) is 3.65. The Labute approximate surface area is 72.5 Å². The number of rotatable bonds is 4. The van der Waals surface area contributed by atoms with Gasteiger partial charge < -0.3 is 14.9 Å². The fraction of sp³-hybridized carbons (Fsp3) is 0.556. The van der Waals surface area contributed by atoms with E-state index in [1.807, 2.05) is 26.0 Å². The van der Waals surface area contributed by atoms with Gasteiger partial charge in [0.25, 0.3) is 0 Å². The largest absolute Gasteiger partial charge is 0.465 e. The Morgan fingerprint density at radius 2 is 2.33 bits per heavy atom.